The van der Waals surface area contributed by atoms with E-state index in [4.69, 9.17) is 0 Å². The second-order valence-electron chi connectivity index (χ2n) is 6.14. The second kappa shape index (κ2) is 9.61. The summed E-state index contributed by atoms with van der Waals surface area (Å²) >= 11 is 0. The molecule has 7 heteroatoms. The molecule has 2 heterocycles. The predicted octanol–water partition coefficient (Wildman–Crippen LogP) is 2.61. The molecule has 2 aromatic rings. The lowest BCUT2D eigenvalue weighted by Crippen LogP contribution is -2.48. The van der Waals surface area contributed by atoms with E-state index in [1.54, 1.807) is 12.4 Å². The maximum Gasteiger partial charge on any atom is 0.252 e. The summed E-state index contributed by atoms with van der Waals surface area (Å²) in [4.78, 5) is 18.5. The molecule has 1 fully saturated rings. The van der Waals surface area contributed by atoms with Gasteiger partial charge in [0.25, 0.3) is 5.91 Å². The lowest BCUT2D eigenvalue weighted by Gasteiger charge is -2.27. The zero-order chi connectivity index (χ0) is 16.2. The lowest BCUT2D eigenvalue weighted by atomic mass is 10.0. The Bertz CT molecular complexity index is 688. The fourth-order valence-corrected chi connectivity index (χ4v) is 2.51. The number of carbonyl (C=O) groups excluding carboxylic acids is 1. The number of benzene rings is 1. The van der Waals surface area contributed by atoms with Crippen LogP contribution in [-0.2, 0) is 0 Å². The Balaban J connectivity index is 0.00000156. The van der Waals surface area contributed by atoms with Gasteiger partial charge in [0.2, 0.25) is 0 Å². The molecule has 0 atom stereocenters. The maximum absolute atomic E-state index is 12.2. The predicted molar refractivity (Wildman–Crippen MR) is 107 cm³/mol. The maximum atomic E-state index is 12.2. The minimum absolute atomic E-state index is 0. The van der Waals surface area contributed by atoms with Crippen molar-refractivity contribution in [3.8, 4) is 11.1 Å². The van der Waals surface area contributed by atoms with E-state index in [0.29, 0.717) is 18.0 Å². The minimum Gasteiger partial charge on any atom is -0.378 e. The van der Waals surface area contributed by atoms with Gasteiger partial charge in [-0.05, 0) is 23.8 Å². The first kappa shape index (κ1) is 21.2. The number of nitrogens with zero attached hydrogens (tertiary/aromatic N) is 2. The van der Waals surface area contributed by atoms with Crippen LogP contribution >= 0.6 is 24.8 Å². The van der Waals surface area contributed by atoms with E-state index in [1.165, 1.54) is 0 Å². The number of aromatic nitrogens is 1. The van der Waals surface area contributed by atoms with Crippen molar-refractivity contribution in [1.82, 2.24) is 15.6 Å². The fourth-order valence-electron chi connectivity index (χ4n) is 2.51. The Labute approximate surface area is 161 Å². The number of rotatable bonds is 5. The third-order valence-corrected chi connectivity index (χ3v) is 4.13. The van der Waals surface area contributed by atoms with Crippen molar-refractivity contribution in [3.63, 3.8) is 0 Å². The van der Waals surface area contributed by atoms with Crippen LogP contribution in [0.4, 0.5) is 5.69 Å². The van der Waals surface area contributed by atoms with Gasteiger partial charge in [-0.15, -0.1) is 24.8 Å². The van der Waals surface area contributed by atoms with E-state index in [0.717, 1.165) is 29.9 Å². The van der Waals surface area contributed by atoms with Gasteiger partial charge in [0, 0.05) is 63.3 Å². The summed E-state index contributed by atoms with van der Waals surface area (Å²) in [5, 5.41) is 6.18. The molecule has 1 amide bonds. The Morgan fingerprint density at radius 1 is 1.16 bits per heavy atom. The molecule has 1 aromatic carbocycles. The highest BCUT2D eigenvalue weighted by Gasteiger charge is 2.17. The molecular formula is C18H24Cl2N4O. The highest BCUT2D eigenvalue weighted by molar-refractivity contribution is 5.95. The molecule has 0 saturated carbocycles. The molecule has 3 rings (SSSR count). The zero-order valence-electron chi connectivity index (χ0n) is 14.4. The van der Waals surface area contributed by atoms with Gasteiger partial charge in [-0.1, -0.05) is 12.1 Å². The Morgan fingerprint density at radius 2 is 1.84 bits per heavy atom. The summed E-state index contributed by atoms with van der Waals surface area (Å²) in [6, 6.07) is 10.1. The number of nitrogens with one attached hydrogen (secondary N) is 2. The summed E-state index contributed by atoms with van der Waals surface area (Å²) in [7, 11) is 4.03. The van der Waals surface area contributed by atoms with Gasteiger partial charge in [0.05, 0.1) is 5.56 Å². The molecule has 0 unspecified atom stereocenters. The largest absolute Gasteiger partial charge is 0.378 e. The van der Waals surface area contributed by atoms with Gasteiger partial charge in [-0.3, -0.25) is 9.78 Å². The highest BCUT2D eigenvalue weighted by atomic mass is 35.5. The molecule has 5 nitrogen and oxygen atoms in total. The number of amides is 1. The smallest absolute Gasteiger partial charge is 0.252 e. The van der Waals surface area contributed by atoms with Crippen molar-refractivity contribution < 1.29 is 4.79 Å². The second-order valence-corrected chi connectivity index (χ2v) is 6.14. The molecule has 0 aliphatic carbocycles. The van der Waals surface area contributed by atoms with Crippen LogP contribution < -0.4 is 15.5 Å². The quantitative estimate of drug-likeness (QED) is 0.834. The van der Waals surface area contributed by atoms with Crippen LogP contribution in [0.2, 0.25) is 0 Å². The molecule has 0 radical (unpaired) electrons. The first-order valence-electron chi connectivity index (χ1n) is 7.85. The van der Waals surface area contributed by atoms with Gasteiger partial charge >= 0.3 is 0 Å². The number of hydrogen-bond donors (Lipinski definition) is 2. The number of halogens is 2. The molecule has 0 spiro atoms. The first-order valence-corrected chi connectivity index (χ1v) is 7.85. The Hall–Kier alpha value is -1.82. The summed E-state index contributed by atoms with van der Waals surface area (Å²) < 4.78 is 0. The van der Waals surface area contributed by atoms with Crippen molar-refractivity contribution in [2.24, 2.45) is 5.92 Å². The number of hydrogen-bond acceptors (Lipinski definition) is 4. The summed E-state index contributed by atoms with van der Waals surface area (Å²) in [6.07, 6.45) is 3.41. The van der Waals surface area contributed by atoms with Gasteiger partial charge in [0.15, 0.2) is 0 Å². The minimum atomic E-state index is -0.0591. The van der Waals surface area contributed by atoms with Crippen molar-refractivity contribution in [1.29, 1.82) is 0 Å². The van der Waals surface area contributed by atoms with Gasteiger partial charge < -0.3 is 15.5 Å². The molecule has 1 saturated heterocycles. The standard InChI is InChI=1S/C18H22N4O.2ClH/c1-22(2)17-5-3-14(4-6-17)15-7-16(12-20-11-15)18(23)21-10-13-8-19-9-13;;/h3-7,11-13,19H,8-10H2,1-2H3,(H,21,23);2*1H. The molecule has 1 aromatic heterocycles. The van der Waals surface area contributed by atoms with E-state index in [1.807, 2.05) is 32.3 Å². The first-order chi connectivity index (χ1) is 11.1. The molecular weight excluding hydrogens is 359 g/mol. The summed E-state index contributed by atoms with van der Waals surface area (Å²) in [6.45, 7) is 2.68. The summed E-state index contributed by atoms with van der Waals surface area (Å²) in [5.41, 5.74) is 3.75. The van der Waals surface area contributed by atoms with Crippen LogP contribution in [0.25, 0.3) is 11.1 Å². The number of carbonyl (C=O) groups is 1. The van der Waals surface area contributed by atoms with Gasteiger partial charge in [-0.25, -0.2) is 0 Å². The fraction of sp³-hybridized carbons (Fsp3) is 0.333. The van der Waals surface area contributed by atoms with Crippen LogP contribution in [0.15, 0.2) is 42.7 Å². The van der Waals surface area contributed by atoms with E-state index in [9.17, 15) is 4.79 Å². The van der Waals surface area contributed by atoms with Gasteiger partial charge in [-0.2, -0.15) is 0 Å². The molecule has 25 heavy (non-hydrogen) atoms. The third-order valence-electron chi connectivity index (χ3n) is 4.13. The van der Waals surface area contributed by atoms with Crippen LogP contribution in [0.3, 0.4) is 0 Å². The van der Waals surface area contributed by atoms with Crippen LogP contribution in [-0.4, -0.2) is 44.6 Å². The van der Waals surface area contributed by atoms with Gasteiger partial charge in [0.1, 0.15) is 0 Å². The molecule has 1 aliphatic heterocycles. The van der Waals surface area contributed by atoms with Crippen molar-refractivity contribution in [3.05, 3.63) is 48.3 Å². The average molecular weight is 383 g/mol. The average Bonchev–Trinajstić information content (AvgIpc) is 2.53. The third kappa shape index (κ3) is 5.33. The van der Waals surface area contributed by atoms with Crippen molar-refractivity contribution in [2.45, 2.75) is 0 Å². The number of anilines is 1. The Morgan fingerprint density at radius 3 is 2.40 bits per heavy atom. The van der Waals surface area contributed by atoms with E-state index < -0.39 is 0 Å². The van der Waals surface area contributed by atoms with Crippen LogP contribution in [0, 0.1) is 5.92 Å². The monoisotopic (exact) mass is 382 g/mol. The topological polar surface area (TPSA) is 57.3 Å². The van der Waals surface area contributed by atoms with E-state index >= 15 is 0 Å². The molecule has 2 N–H and O–H groups in total. The molecule has 0 bridgehead atoms. The number of pyridine rings is 1. The van der Waals surface area contributed by atoms with Crippen LogP contribution in [0.5, 0.6) is 0 Å². The highest BCUT2D eigenvalue weighted by Crippen LogP contribution is 2.22. The molecule has 136 valence electrons. The van der Waals surface area contributed by atoms with Crippen molar-refractivity contribution in [2.75, 3.05) is 38.6 Å². The normalized spacial score (nSPS) is 13.0. The van der Waals surface area contributed by atoms with Crippen molar-refractivity contribution >= 4 is 36.4 Å². The zero-order valence-corrected chi connectivity index (χ0v) is 16.0. The van der Waals surface area contributed by atoms with E-state index in [2.05, 4.69) is 32.7 Å². The Kier molecular flexibility index (Phi) is 8.16. The SMILES string of the molecule is CN(C)c1ccc(-c2cncc(C(=O)NCC3CNC3)c2)cc1.Cl.Cl. The molecule has 1 aliphatic rings. The lowest BCUT2D eigenvalue weighted by molar-refractivity contribution is 0.0942. The van der Waals surface area contributed by atoms with E-state index in [-0.39, 0.29) is 30.7 Å². The summed E-state index contributed by atoms with van der Waals surface area (Å²) in [5.74, 6) is 0.491. The van der Waals surface area contributed by atoms with Crippen LogP contribution in [0.1, 0.15) is 10.4 Å².